The highest BCUT2D eigenvalue weighted by Crippen LogP contribution is 2.42. The molecule has 1 saturated heterocycles. The van der Waals surface area contributed by atoms with Gasteiger partial charge in [-0.1, -0.05) is 17.7 Å². The third-order valence-electron chi connectivity index (χ3n) is 4.60. The molecule has 0 saturated carbocycles. The number of aliphatic hydroxyl groups is 1. The van der Waals surface area contributed by atoms with Crippen LogP contribution in [-0.4, -0.2) is 46.7 Å². The fraction of sp³-hybridized carbons (Fsp3) is 0.438. The van der Waals surface area contributed by atoms with Crippen molar-refractivity contribution in [3.05, 3.63) is 28.8 Å². The van der Waals surface area contributed by atoms with Crippen molar-refractivity contribution in [3.8, 4) is 0 Å². The van der Waals surface area contributed by atoms with Gasteiger partial charge in [-0.2, -0.15) is 0 Å². The predicted octanol–water partition coefficient (Wildman–Crippen LogP) is 0.620. The predicted molar refractivity (Wildman–Crippen MR) is 87.2 cm³/mol. The zero-order valence-corrected chi connectivity index (χ0v) is 13.9. The number of fused-ring (bicyclic) bond motifs is 1. The number of benzene rings is 1. The molecule has 0 aromatic heterocycles. The van der Waals surface area contributed by atoms with Crippen LogP contribution in [0.15, 0.2) is 18.2 Å². The van der Waals surface area contributed by atoms with E-state index >= 15 is 0 Å². The van der Waals surface area contributed by atoms with Crippen LogP contribution < -0.4 is 10.6 Å². The van der Waals surface area contributed by atoms with Crippen molar-refractivity contribution in [2.45, 2.75) is 30.4 Å². The number of amides is 2. The Balaban J connectivity index is 1.83. The Morgan fingerprint density at radius 1 is 1.32 bits per heavy atom. The smallest absolute Gasteiger partial charge is 0.329 e. The van der Waals surface area contributed by atoms with Crippen molar-refractivity contribution < 1.29 is 29.3 Å². The van der Waals surface area contributed by atoms with E-state index in [1.807, 2.05) is 0 Å². The first kappa shape index (κ1) is 17.7. The highest BCUT2D eigenvalue weighted by Gasteiger charge is 2.50. The standard InChI is InChI=1S/C16H17ClN2O6/c17-9-2-1-3-10-12(9)16(24,13(21)18-10)8-11(20)19-15(14(22)23)4-6-25-7-5-15/h1-3,24H,4-8H2,(H,18,21)(H,19,20)(H,22,23). The van der Waals surface area contributed by atoms with Crippen LogP contribution in [0.3, 0.4) is 0 Å². The van der Waals surface area contributed by atoms with Crippen molar-refractivity contribution in [2.24, 2.45) is 0 Å². The minimum Gasteiger partial charge on any atom is -0.480 e. The van der Waals surface area contributed by atoms with Crippen LogP contribution in [0, 0.1) is 0 Å². The molecule has 1 fully saturated rings. The molecule has 134 valence electrons. The van der Waals surface area contributed by atoms with Crippen LogP contribution in [0.4, 0.5) is 5.69 Å². The third kappa shape index (κ3) is 2.97. The fourth-order valence-corrected chi connectivity index (χ4v) is 3.54. The number of hydrogen-bond donors (Lipinski definition) is 4. The zero-order valence-electron chi connectivity index (χ0n) is 13.2. The molecule has 2 amide bonds. The molecule has 2 aliphatic heterocycles. The molecule has 0 radical (unpaired) electrons. The SMILES string of the molecule is O=C(CC1(O)C(=O)Nc2cccc(Cl)c21)NC1(C(=O)O)CCOCC1. The van der Waals surface area contributed by atoms with Gasteiger partial charge in [0.25, 0.3) is 5.91 Å². The van der Waals surface area contributed by atoms with Gasteiger partial charge in [0.15, 0.2) is 5.60 Å². The molecular weight excluding hydrogens is 352 g/mol. The van der Waals surface area contributed by atoms with E-state index in [1.54, 1.807) is 12.1 Å². The van der Waals surface area contributed by atoms with Crippen molar-refractivity contribution in [3.63, 3.8) is 0 Å². The molecule has 25 heavy (non-hydrogen) atoms. The third-order valence-corrected chi connectivity index (χ3v) is 4.92. The normalized spacial score (nSPS) is 24.3. The lowest BCUT2D eigenvalue weighted by molar-refractivity contribution is -0.153. The first-order chi connectivity index (χ1) is 11.8. The van der Waals surface area contributed by atoms with E-state index in [9.17, 15) is 24.6 Å². The van der Waals surface area contributed by atoms with Crippen LogP contribution >= 0.6 is 11.6 Å². The Labute approximate surface area is 148 Å². The van der Waals surface area contributed by atoms with Crippen molar-refractivity contribution >= 4 is 35.1 Å². The van der Waals surface area contributed by atoms with E-state index in [-0.39, 0.29) is 36.6 Å². The van der Waals surface area contributed by atoms with Gasteiger partial charge < -0.3 is 25.6 Å². The Bertz CT molecular complexity index is 746. The lowest BCUT2D eigenvalue weighted by Gasteiger charge is -2.34. The van der Waals surface area contributed by atoms with Gasteiger partial charge in [-0.3, -0.25) is 9.59 Å². The van der Waals surface area contributed by atoms with E-state index in [2.05, 4.69) is 10.6 Å². The summed E-state index contributed by atoms with van der Waals surface area (Å²) in [5, 5.41) is 25.3. The van der Waals surface area contributed by atoms with Gasteiger partial charge in [-0.05, 0) is 12.1 Å². The molecule has 3 rings (SSSR count). The first-order valence-corrected chi connectivity index (χ1v) is 8.11. The molecule has 2 aliphatic rings. The highest BCUT2D eigenvalue weighted by atomic mass is 35.5. The van der Waals surface area contributed by atoms with Gasteiger partial charge in [-0.15, -0.1) is 0 Å². The largest absolute Gasteiger partial charge is 0.480 e. The molecule has 1 atom stereocenters. The molecule has 0 bridgehead atoms. The maximum absolute atomic E-state index is 12.5. The van der Waals surface area contributed by atoms with Gasteiger partial charge in [0.1, 0.15) is 5.54 Å². The number of carboxylic acid groups (broad SMARTS) is 1. The van der Waals surface area contributed by atoms with Crippen LogP contribution in [-0.2, 0) is 24.7 Å². The number of anilines is 1. The number of nitrogens with one attached hydrogen (secondary N) is 2. The van der Waals surface area contributed by atoms with Crippen LogP contribution in [0.1, 0.15) is 24.8 Å². The average Bonchev–Trinajstić information content (AvgIpc) is 2.79. The molecule has 0 aliphatic carbocycles. The number of ether oxygens (including phenoxy) is 1. The summed E-state index contributed by atoms with van der Waals surface area (Å²) in [5.41, 5.74) is -3.17. The van der Waals surface area contributed by atoms with Crippen LogP contribution in [0.25, 0.3) is 0 Å². The fourth-order valence-electron chi connectivity index (χ4n) is 3.21. The lowest BCUT2D eigenvalue weighted by atomic mass is 9.87. The van der Waals surface area contributed by atoms with Crippen LogP contribution in [0.2, 0.25) is 5.02 Å². The Morgan fingerprint density at radius 2 is 2.00 bits per heavy atom. The molecule has 4 N–H and O–H groups in total. The van der Waals surface area contributed by atoms with Gasteiger partial charge >= 0.3 is 5.97 Å². The minimum atomic E-state index is -2.15. The molecule has 2 heterocycles. The average molecular weight is 369 g/mol. The summed E-state index contributed by atoms with van der Waals surface area (Å²) >= 11 is 6.08. The second-order valence-corrected chi connectivity index (χ2v) is 6.61. The van der Waals surface area contributed by atoms with Gasteiger partial charge in [0, 0.05) is 42.3 Å². The Morgan fingerprint density at radius 3 is 2.64 bits per heavy atom. The van der Waals surface area contributed by atoms with E-state index in [0.29, 0.717) is 5.69 Å². The van der Waals surface area contributed by atoms with Gasteiger partial charge in [0.05, 0.1) is 6.42 Å². The van der Waals surface area contributed by atoms with Gasteiger partial charge in [-0.25, -0.2) is 4.79 Å². The van der Waals surface area contributed by atoms with Gasteiger partial charge in [0.2, 0.25) is 5.91 Å². The lowest BCUT2D eigenvalue weighted by Crippen LogP contribution is -2.58. The molecule has 8 nitrogen and oxygen atoms in total. The summed E-state index contributed by atoms with van der Waals surface area (Å²) in [6, 6.07) is 4.67. The zero-order chi connectivity index (χ0) is 18.2. The molecule has 9 heteroatoms. The number of halogens is 1. The molecule has 1 aromatic rings. The second-order valence-electron chi connectivity index (χ2n) is 6.20. The summed E-state index contributed by atoms with van der Waals surface area (Å²) in [7, 11) is 0. The maximum atomic E-state index is 12.5. The Kier molecular flexibility index (Phi) is 4.44. The quantitative estimate of drug-likeness (QED) is 0.617. The summed E-state index contributed by atoms with van der Waals surface area (Å²) < 4.78 is 5.14. The number of carbonyl (C=O) groups is 3. The van der Waals surface area contributed by atoms with E-state index < -0.39 is 35.3 Å². The summed E-state index contributed by atoms with van der Waals surface area (Å²) in [5.74, 6) is -2.71. The van der Waals surface area contributed by atoms with Crippen molar-refractivity contribution in [1.29, 1.82) is 0 Å². The molecule has 0 spiro atoms. The number of aliphatic carboxylic acids is 1. The maximum Gasteiger partial charge on any atom is 0.329 e. The number of carboxylic acids is 1. The summed E-state index contributed by atoms with van der Waals surface area (Å²) in [6.07, 6.45) is -0.419. The van der Waals surface area contributed by atoms with E-state index in [0.717, 1.165) is 0 Å². The molecule has 1 unspecified atom stereocenters. The molecule has 1 aromatic carbocycles. The topological polar surface area (TPSA) is 125 Å². The Hall–Kier alpha value is -2.16. The first-order valence-electron chi connectivity index (χ1n) is 7.73. The minimum absolute atomic E-state index is 0.107. The second kappa shape index (κ2) is 6.29. The van der Waals surface area contributed by atoms with E-state index in [1.165, 1.54) is 6.07 Å². The number of carbonyl (C=O) groups excluding carboxylic acids is 2. The summed E-state index contributed by atoms with van der Waals surface area (Å²) in [4.78, 5) is 36.3. The number of hydrogen-bond acceptors (Lipinski definition) is 5. The summed E-state index contributed by atoms with van der Waals surface area (Å²) in [6.45, 7) is 0.401. The molecular formula is C16H17ClN2O6. The number of rotatable bonds is 4. The van der Waals surface area contributed by atoms with E-state index in [4.69, 9.17) is 16.3 Å². The monoisotopic (exact) mass is 368 g/mol. The van der Waals surface area contributed by atoms with Crippen LogP contribution in [0.5, 0.6) is 0 Å². The van der Waals surface area contributed by atoms with Crippen molar-refractivity contribution in [2.75, 3.05) is 18.5 Å². The highest BCUT2D eigenvalue weighted by molar-refractivity contribution is 6.33. The van der Waals surface area contributed by atoms with Crippen molar-refractivity contribution in [1.82, 2.24) is 5.32 Å².